The molecule has 3 aromatic heterocycles. The highest BCUT2D eigenvalue weighted by Crippen LogP contribution is 2.30. The van der Waals surface area contributed by atoms with Crippen LogP contribution in [0.5, 0.6) is 0 Å². The van der Waals surface area contributed by atoms with Gasteiger partial charge in [-0.1, -0.05) is 0 Å². The van der Waals surface area contributed by atoms with Crippen LogP contribution >= 0.6 is 11.3 Å². The topological polar surface area (TPSA) is 57.2 Å². The number of nitrogens with zero attached hydrogens (tertiary/aromatic N) is 5. The Kier molecular flexibility index (Phi) is 4.51. The molecular weight excluding hydrogens is 356 g/mol. The molecule has 0 saturated carbocycles. The van der Waals surface area contributed by atoms with Gasteiger partial charge in [0, 0.05) is 68.2 Å². The molecule has 0 amide bonds. The van der Waals surface area contributed by atoms with Crippen molar-refractivity contribution in [1.29, 1.82) is 0 Å². The van der Waals surface area contributed by atoms with Crippen molar-refractivity contribution in [2.75, 3.05) is 37.6 Å². The Morgan fingerprint density at radius 2 is 2.00 bits per heavy atom. The Balaban J connectivity index is 1.27. The van der Waals surface area contributed by atoms with Gasteiger partial charge in [0.2, 0.25) is 0 Å². The van der Waals surface area contributed by atoms with Crippen LogP contribution < -0.4 is 10.2 Å². The number of aromatic nitrogens is 3. The predicted octanol–water partition coefficient (Wildman–Crippen LogP) is 2.62. The van der Waals surface area contributed by atoms with E-state index in [4.69, 9.17) is 9.97 Å². The van der Waals surface area contributed by atoms with Crippen molar-refractivity contribution in [2.45, 2.75) is 25.9 Å². The smallest absolute Gasteiger partial charge is 0.185 e. The van der Waals surface area contributed by atoms with Crippen LogP contribution in [0.15, 0.2) is 30.5 Å². The molecule has 0 radical (unpaired) electrons. The summed E-state index contributed by atoms with van der Waals surface area (Å²) in [6.45, 7) is 8.39. The minimum Gasteiger partial charge on any atom is -0.346 e. The summed E-state index contributed by atoms with van der Waals surface area (Å²) < 4.78 is 0. The molecule has 1 unspecified atom stereocenters. The number of anilines is 1. The normalized spacial score (nSPS) is 19.2. The Bertz CT molecular complexity index is 923. The Morgan fingerprint density at radius 1 is 1.11 bits per heavy atom. The molecule has 2 aliphatic heterocycles. The van der Waals surface area contributed by atoms with Crippen molar-refractivity contribution in [3.05, 3.63) is 46.7 Å². The van der Waals surface area contributed by atoms with E-state index in [0.717, 1.165) is 62.4 Å². The summed E-state index contributed by atoms with van der Waals surface area (Å²) in [5, 5.41) is 5.74. The van der Waals surface area contributed by atoms with E-state index in [0.29, 0.717) is 6.04 Å². The lowest BCUT2D eigenvalue weighted by Crippen LogP contribution is -2.47. The van der Waals surface area contributed by atoms with Gasteiger partial charge >= 0.3 is 0 Å². The molecule has 27 heavy (non-hydrogen) atoms. The summed E-state index contributed by atoms with van der Waals surface area (Å²) in [5.74, 6) is 0. The SMILES string of the molecule is CC(c1ccc2cccnc2n1)N1CCN(c2nc3c(s2)CNCC3)CC1. The zero-order valence-electron chi connectivity index (χ0n) is 15.6. The van der Waals surface area contributed by atoms with Gasteiger partial charge in [0.05, 0.1) is 11.4 Å². The third kappa shape index (κ3) is 3.31. The largest absolute Gasteiger partial charge is 0.346 e. The zero-order chi connectivity index (χ0) is 18.2. The summed E-state index contributed by atoms with van der Waals surface area (Å²) >= 11 is 1.86. The quantitative estimate of drug-likeness (QED) is 0.754. The van der Waals surface area contributed by atoms with Crippen molar-refractivity contribution in [2.24, 2.45) is 0 Å². The molecule has 1 saturated heterocycles. The summed E-state index contributed by atoms with van der Waals surface area (Å²) in [7, 11) is 0. The molecule has 2 aliphatic rings. The first-order valence-corrected chi connectivity index (χ1v) is 10.5. The van der Waals surface area contributed by atoms with Gasteiger partial charge in [0.25, 0.3) is 0 Å². The van der Waals surface area contributed by atoms with E-state index < -0.39 is 0 Å². The third-order valence-electron chi connectivity index (χ3n) is 5.64. The summed E-state index contributed by atoms with van der Waals surface area (Å²) in [6.07, 6.45) is 2.87. The molecule has 0 aromatic carbocycles. The average molecular weight is 381 g/mol. The monoisotopic (exact) mass is 380 g/mol. The maximum Gasteiger partial charge on any atom is 0.185 e. The highest BCUT2D eigenvalue weighted by Gasteiger charge is 2.26. The molecule has 6 nitrogen and oxygen atoms in total. The first kappa shape index (κ1) is 17.0. The zero-order valence-corrected chi connectivity index (χ0v) is 16.4. The van der Waals surface area contributed by atoms with Crippen LogP contribution in [0.2, 0.25) is 0 Å². The number of hydrogen-bond acceptors (Lipinski definition) is 7. The van der Waals surface area contributed by atoms with E-state index in [-0.39, 0.29) is 0 Å². The average Bonchev–Trinajstić information content (AvgIpc) is 3.17. The molecule has 0 spiro atoms. The second-order valence-corrected chi connectivity index (χ2v) is 8.34. The van der Waals surface area contributed by atoms with E-state index in [1.54, 1.807) is 0 Å². The molecule has 1 atom stereocenters. The van der Waals surface area contributed by atoms with Crippen LogP contribution in [0.25, 0.3) is 11.0 Å². The molecule has 140 valence electrons. The predicted molar refractivity (Wildman–Crippen MR) is 109 cm³/mol. The van der Waals surface area contributed by atoms with Gasteiger partial charge in [-0.25, -0.2) is 15.0 Å². The van der Waals surface area contributed by atoms with Crippen LogP contribution in [-0.2, 0) is 13.0 Å². The van der Waals surface area contributed by atoms with E-state index in [9.17, 15) is 0 Å². The molecular formula is C20H24N6S. The Morgan fingerprint density at radius 3 is 2.85 bits per heavy atom. The highest BCUT2D eigenvalue weighted by molar-refractivity contribution is 7.15. The van der Waals surface area contributed by atoms with Crippen LogP contribution in [0.3, 0.4) is 0 Å². The number of piperazine rings is 1. The molecule has 0 bridgehead atoms. The lowest BCUT2D eigenvalue weighted by atomic mass is 10.1. The van der Waals surface area contributed by atoms with E-state index in [1.165, 1.54) is 15.7 Å². The van der Waals surface area contributed by atoms with Gasteiger partial charge in [-0.3, -0.25) is 4.90 Å². The summed E-state index contributed by atoms with van der Waals surface area (Å²) in [6, 6.07) is 8.59. The molecule has 5 rings (SSSR count). The number of pyridine rings is 2. The number of thiazole rings is 1. The van der Waals surface area contributed by atoms with Crippen molar-refractivity contribution in [3.8, 4) is 0 Å². The van der Waals surface area contributed by atoms with Gasteiger partial charge in [-0.15, -0.1) is 11.3 Å². The first-order valence-electron chi connectivity index (χ1n) is 9.68. The van der Waals surface area contributed by atoms with Crippen molar-refractivity contribution in [1.82, 2.24) is 25.2 Å². The lowest BCUT2D eigenvalue weighted by molar-refractivity contribution is 0.195. The Hall–Kier alpha value is -2.09. The number of hydrogen-bond donors (Lipinski definition) is 1. The number of rotatable bonds is 3. The second-order valence-electron chi connectivity index (χ2n) is 7.28. The van der Waals surface area contributed by atoms with Crippen LogP contribution in [0, 0.1) is 0 Å². The second kappa shape index (κ2) is 7.14. The fourth-order valence-corrected chi connectivity index (χ4v) is 5.06. The lowest BCUT2D eigenvalue weighted by Gasteiger charge is -2.37. The summed E-state index contributed by atoms with van der Waals surface area (Å²) in [4.78, 5) is 20.5. The minimum absolute atomic E-state index is 0.298. The molecule has 1 N–H and O–H groups in total. The summed E-state index contributed by atoms with van der Waals surface area (Å²) in [5.41, 5.74) is 3.24. The maximum atomic E-state index is 4.90. The fraction of sp³-hybridized carbons (Fsp3) is 0.450. The molecule has 0 aliphatic carbocycles. The van der Waals surface area contributed by atoms with Crippen molar-refractivity contribution < 1.29 is 0 Å². The van der Waals surface area contributed by atoms with Crippen molar-refractivity contribution in [3.63, 3.8) is 0 Å². The molecule has 5 heterocycles. The maximum absolute atomic E-state index is 4.90. The van der Waals surface area contributed by atoms with Crippen LogP contribution in [0.4, 0.5) is 5.13 Å². The highest BCUT2D eigenvalue weighted by atomic mass is 32.1. The third-order valence-corrected chi connectivity index (χ3v) is 6.80. The minimum atomic E-state index is 0.298. The van der Waals surface area contributed by atoms with E-state index >= 15 is 0 Å². The van der Waals surface area contributed by atoms with Crippen molar-refractivity contribution >= 4 is 27.5 Å². The molecule has 1 fully saturated rings. The first-order chi connectivity index (χ1) is 13.3. The van der Waals surface area contributed by atoms with Gasteiger partial charge in [0.1, 0.15) is 0 Å². The van der Waals surface area contributed by atoms with Crippen LogP contribution in [0.1, 0.15) is 29.2 Å². The molecule has 3 aromatic rings. The molecule has 7 heteroatoms. The van der Waals surface area contributed by atoms with Gasteiger partial charge < -0.3 is 10.2 Å². The van der Waals surface area contributed by atoms with Crippen LogP contribution in [-0.4, -0.2) is 52.6 Å². The van der Waals surface area contributed by atoms with Gasteiger partial charge in [-0.05, 0) is 31.2 Å². The number of nitrogens with one attached hydrogen (secondary N) is 1. The number of fused-ring (bicyclic) bond motifs is 2. The fourth-order valence-electron chi connectivity index (χ4n) is 3.93. The van der Waals surface area contributed by atoms with Gasteiger partial charge in [0.15, 0.2) is 10.8 Å². The van der Waals surface area contributed by atoms with E-state index in [2.05, 4.69) is 45.2 Å². The van der Waals surface area contributed by atoms with E-state index in [1.807, 2.05) is 23.6 Å². The standard InChI is InChI=1S/C20H24N6S/c1-14(16-5-4-15-3-2-7-22-19(15)23-16)25-9-11-26(12-10-25)20-24-17-6-8-21-13-18(17)27-20/h2-5,7,14,21H,6,8-13H2,1H3. The Labute approximate surface area is 163 Å². The van der Waals surface area contributed by atoms with Gasteiger partial charge in [-0.2, -0.15) is 0 Å².